The molecular formula is C21H24N8O12P2S. The molecule has 2 aliphatic rings. The third-order valence-electron chi connectivity index (χ3n) is 6.97. The van der Waals surface area contributed by atoms with Gasteiger partial charge in [0.2, 0.25) is 5.88 Å². The van der Waals surface area contributed by atoms with Crippen LogP contribution in [0, 0.1) is 10.1 Å². The Bertz CT molecular complexity index is 1800. The summed E-state index contributed by atoms with van der Waals surface area (Å²) >= 11 is 4.08. The number of nitro benzene ring substituents is 1. The van der Waals surface area contributed by atoms with Gasteiger partial charge in [-0.3, -0.25) is 28.3 Å². The van der Waals surface area contributed by atoms with Crippen molar-refractivity contribution in [2.75, 3.05) is 13.2 Å². The first-order valence-corrected chi connectivity index (χ1v) is 17.1. The molecule has 2 fully saturated rings. The maximum atomic E-state index is 13.3. The van der Waals surface area contributed by atoms with Gasteiger partial charge in [-0.05, 0) is 18.9 Å². The van der Waals surface area contributed by atoms with Crippen LogP contribution in [0.15, 0.2) is 30.9 Å². The highest BCUT2D eigenvalue weighted by Gasteiger charge is 2.43. The molecule has 6 atom stereocenters. The Morgan fingerprint density at radius 1 is 1.09 bits per heavy atom. The number of aromatic hydroxyl groups is 1. The van der Waals surface area contributed by atoms with Crippen LogP contribution >= 0.6 is 26.9 Å². The van der Waals surface area contributed by atoms with Crippen LogP contribution in [-0.4, -0.2) is 85.9 Å². The number of non-ortho nitro benzene ring substituents is 1. The van der Waals surface area contributed by atoms with E-state index in [4.69, 9.17) is 18.5 Å². The Labute approximate surface area is 251 Å². The third-order valence-corrected chi connectivity index (χ3v) is 9.09. The summed E-state index contributed by atoms with van der Waals surface area (Å²) in [5.74, 6) is -0.358. The highest BCUT2D eigenvalue weighted by molar-refractivity contribution is 8.44. The van der Waals surface area contributed by atoms with E-state index in [9.17, 15) is 34.1 Å². The molecule has 0 bridgehead atoms. The highest BCUT2D eigenvalue weighted by Crippen LogP contribution is 2.57. The van der Waals surface area contributed by atoms with Crippen LogP contribution in [0.3, 0.4) is 0 Å². The average molecular weight is 674 g/mol. The van der Waals surface area contributed by atoms with Gasteiger partial charge >= 0.3 is 14.6 Å². The first-order chi connectivity index (χ1) is 20.9. The molecule has 1 unspecified atom stereocenters. The zero-order valence-electron chi connectivity index (χ0n) is 22.2. The fraction of sp³-hybridized carbons (Fsp3) is 0.476. The maximum absolute atomic E-state index is 13.3. The van der Waals surface area contributed by atoms with Crippen molar-refractivity contribution in [3.05, 3.63) is 41.0 Å². The molecule has 1 aromatic carbocycles. The molecule has 44 heavy (non-hydrogen) atoms. The van der Waals surface area contributed by atoms with Crippen molar-refractivity contribution in [2.45, 2.75) is 50.0 Å². The van der Waals surface area contributed by atoms with E-state index in [2.05, 4.69) is 42.0 Å². The van der Waals surface area contributed by atoms with E-state index in [0.717, 1.165) is 6.33 Å². The molecule has 0 aliphatic carbocycles. The summed E-state index contributed by atoms with van der Waals surface area (Å²) in [5, 5.41) is 29.2. The van der Waals surface area contributed by atoms with Gasteiger partial charge in [-0.15, -0.1) is 5.10 Å². The first-order valence-electron chi connectivity index (χ1n) is 12.9. The van der Waals surface area contributed by atoms with Gasteiger partial charge in [0.15, 0.2) is 22.9 Å². The van der Waals surface area contributed by atoms with Crippen LogP contribution < -0.4 is 0 Å². The molecule has 5 heterocycles. The summed E-state index contributed by atoms with van der Waals surface area (Å²) in [7, 11) is -4.89. The number of nitrogens with zero attached hydrogens (tertiary/aromatic N) is 8. The van der Waals surface area contributed by atoms with Gasteiger partial charge in [-0.1, -0.05) is 23.5 Å². The second kappa shape index (κ2) is 12.0. The Balaban J connectivity index is 1.11. The summed E-state index contributed by atoms with van der Waals surface area (Å²) in [6.07, 6.45) is -0.872. The monoisotopic (exact) mass is 674 g/mol. The number of imidazole rings is 1. The number of fused-ring (bicyclic) bond motifs is 2. The van der Waals surface area contributed by atoms with E-state index >= 15 is 0 Å². The zero-order valence-corrected chi connectivity index (χ0v) is 24.9. The van der Waals surface area contributed by atoms with Crippen molar-refractivity contribution in [1.29, 1.82) is 0 Å². The van der Waals surface area contributed by atoms with Gasteiger partial charge in [0.05, 0.1) is 36.1 Å². The summed E-state index contributed by atoms with van der Waals surface area (Å²) in [6.45, 7) is -4.93. The van der Waals surface area contributed by atoms with Gasteiger partial charge in [0.1, 0.15) is 24.8 Å². The summed E-state index contributed by atoms with van der Waals surface area (Å²) in [5.41, 5.74) is 0.664. The number of hydrogen-bond donors (Lipinski definition) is 4. The summed E-state index contributed by atoms with van der Waals surface area (Å²) < 4.78 is 55.1. The molecule has 0 saturated carbocycles. The Morgan fingerprint density at radius 2 is 1.91 bits per heavy atom. The molecule has 23 heteroatoms. The van der Waals surface area contributed by atoms with Crippen molar-refractivity contribution in [3.8, 4) is 5.88 Å². The zero-order chi connectivity index (χ0) is 31.2. The fourth-order valence-corrected chi connectivity index (χ4v) is 6.91. The lowest BCUT2D eigenvalue weighted by Crippen LogP contribution is -2.28. The molecule has 0 spiro atoms. The number of nitro groups is 1. The Kier molecular flexibility index (Phi) is 8.44. The summed E-state index contributed by atoms with van der Waals surface area (Å²) in [6, 6.07) is 4.49. The average Bonchev–Trinajstić information content (AvgIpc) is 3.75. The van der Waals surface area contributed by atoms with E-state index in [1.54, 1.807) is 6.07 Å². The number of benzene rings is 1. The number of phosphoric ester groups is 1. The van der Waals surface area contributed by atoms with Crippen molar-refractivity contribution < 1.29 is 52.0 Å². The molecule has 2 saturated heterocycles. The Hall–Kier alpha value is -3.10. The van der Waals surface area contributed by atoms with Gasteiger partial charge in [0, 0.05) is 12.5 Å². The summed E-state index contributed by atoms with van der Waals surface area (Å²) in [4.78, 5) is 41.0. The molecule has 236 valence electrons. The lowest BCUT2D eigenvalue weighted by Gasteiger charge is -2.23. The first kappa shape index (κ1) is 30.9. The largest absolute Gasteiger partial charge is 0.492 e. The van der Waals surface area contributed by atoms with Crippen molar-refractivity contribution in [2.24, 2.45) is 0 Å². The normalized spacial score (nSPS) is 25.6. The molecule has 3 aromatic heterocycles. The number of rotatable bonds is 11. The van der Waals surface area contributed by atoms with Gasteiger partial charge in [-0.2, -0.15) is 4.98 Å². The minimum atomic E-state index is -4.89. The number of phosphoric acid groups is 1. The molecule has 2 aliphatic heterocycles. The third kappa shape index (κ3) is 6.47. The van der Waals surface area contributed by atoms with Crippen molar-refractivity contribution >= 4 is 54.8 Å². The molecule has 4 aromatic rings. The lowest BCUT2D eigenvalue weighted by molar-refractivity contribution is -0.383. The second-order valence-corrected chi connectivity index (χ2v) is 13.9. The fourth-order valence-electron chi connectivity index (χ4n) is 5.03. The predicted molar refractivity (Wildman–Crippen MR) is 148 cm³/mol. The Morgan fingerprint density at radius 3 is 2.68 bits per heavy atom. The van der Waals surface area contributed by atoms with Gasteiger partial charge in [-0.25, -0.2) is 23.8 Å². The minimum absolute atomic E-state index is 0.00711. The van der Waals surface area contributed by atoms with E-state index in [0.29, 0.717) is 18.4 Å². The van der Waals surface area contributed by atoms with Crippen LogP contribution in [-0.2, 0) is 32.2 Å². The highest BCUT2D eigenvalue weighted by atomic mass is 32.7. The van der Waals surface area contributed by atoms with Crippen LogP contribution in [0.5, 0.6) is 5.88 Å². The van der Waals surface area contributed by atoms with Crippen LogP contribution in [0.4, 0.5) is 5.69 Å². The number of aromatic nitrogens is 7. The predicted octanol–water partition coefficient (Wildman–Crippen LogP) is 2.40. The van der Waals surface area contributed by atoms with E-state index in [-0.39, 0.29) is 41.3 Å². The van der Waals surface area contributed by atoms with Crippen LogP contribution in [0.2, 0.25) is 0 Å². The quantitative estimate of drug-likeness (QED) is 0.0770. The molecular weight excluding hydrogens is 650 g/mol. The molecule has 0 radical (unpaired) electrons. The lowest BCUT2D eigenvalue weighted by atomic mass is 10.2. The number of thiol groups is 1. The minimum Gasteiger partial charge on any atom is -0.492 e. The van der Waals surface area contributed by atoms with Crippen LogP contribution in [0.25, 0.3) is 22.2 Å². The second-order valence-electron chi connectivity index (χ2n) is 9.81. The molecule has 3 N–H and O–H groups in total. The molecule has 6 rings (SSSR count). The van der Waals surface area contributed by atoms with Crippen molar-refractivity contribution in [3.63, 3.8) is 0 Å². The van der Waals surface area contributed by atoms with E-state index in [1.807, 2.05) is 0 Å². The van der Waals surface area contributed by atoms with Crippen LogP contribution in [0.1, 0.15) is 31.7 Å². The standard InChI is InChI=1S/C21H24N8O12P2S/c30-21-19-20(22-9-23-21)27(10-24-19)17-6-14(15(40-17)8-37-42(33,34)35)41-43(36,44)38-7-11-4-5-16(39-11)28-12-2-1-3-13(29(31)32)18(12)25-26-28/h1-3,9-11,14-17H,4-8H2,(H,36,44)(H,22,23,30)(H2,33,34,35)/t11-,14-,15+,16+,17+,43?/m0/s1. The van der Waals surface area contributed by atoms with E-state index < -0.39 is 56.9 Å². The maximum Gasteiger partial charge on any atom is 0.469 e. The number of hydrogen-bond acceptors (Lipinski definition) is 15. The van der Waals surface area contributed by atoms with E-state index in [1.165, 1.54) is 27.7 Å². The topological polar surface area (TPSA) is 258 Å². The molecule has 0 amide bonds. The SMILES string of the molecule is O=[N+]([O-])c1cccc2c1nnn2[C@H]1CC[C@@H](COP(=O)(S)O[C@H]2C[C@H](n3cnc4c(O)ncnc43)O[C@@H]2COP(=O)(O)O)O1. The smallest absolute Gasteiger partial charge is 0.469 e. The number of ether oxygens (including phenoxy) is 2. The van der Waals surface area contributed by atoms with Gasteiger partial charge in [0.25, 0.3) is 5.69 Å². The van der Waals surface area contributed by atoms with Crippen molar-refractivity contribution in [1.82, 2.24) is 34.5 Å². The van der Waals surface area contributed by atoms with Gasteiger partial charge < -0.3 is 24.4 Å². The molecule has 20 nitrogen and oxygen atoms in total.